The number of hydrogen-bond donors (Lipinski definition) is 2. The highest BCUT2D eigenvalue weighted by molar-refractivity contribution is 7.80. The quantitative estimate of drug-likeness (QED) is 0.399. The molecule has 0 aliphatic carbocycles. The third kappa shape index (κ3) is 6.29. The summed E-state index contributed by atoms with van der Waals surface area (Å²) in [5.74, 6) is 0.494. The molecule has 0 bridgehead atoms. The summed E-state index contributed by atoms with van der Waals surface area (Å²) in [4.78, 5) is 7.09. The fourth-order valence-electron chi connectivity index (χ4n) is 3.61. The van der Waals surface area contributed by atoms with Gasteiger partial charge in [0.05, 0.1) is 6.04 Å². The fourth-order valence-corrected chi connectivity index (χ4v) is 4.42. The van der Waals surface area contributed by atoms with Gasteiger partial charge in [0.2, 0.25) is 0 Å². The molecule has 1 saturated heterocycles. The summed E-state index contributed by atoms with van der Waals surface area (Å²) in [6.07, 6.45) is 5.54. The summed E-state index contributed by atoms with van der Waals surface area (Å²) >= 11 is 22.5. The SMILES string of the molecule is NCC1CCC(c2ccc(Cl)cc2Cl)N(c2ccc(Cl)cc2)C1.Sc1cccnc1. The van der Waals surface area contributed by atoms with Crippen LogP contribution >= 0.6 is 47.4 Å². The van der Waals surface area contributed by atoms with Gasteiger partial charge >= 0.3 is 0 Å². The van der Waals surface area contributed by atoms with E-state index in [4.69, 9.17) is 40.5 Å². The van der Waals surface area contributed by atoms with E-state index in [9.17, 15) is 0 Å². The lowest BCUT2D eigenvalue weighted by Gasteiger charge is -2.41. The molecule has 2 unspecified atom stereocenters. The monoisotopic (exact) mass is 479 g/mol. The number of thiol groups is 1. The van der Waals surface area contributed by atoms with Crippen molar-refractivity contribution in [2.75, 3.05) is 18.0 Å². The average Bonchev–Trinajstić information content (AvgIpc) is 2.75. The fraction of sp³-hybridized carbons (Fsp3) is 0.261. The van der Waals surface area contributed by atoms with Crippen molar-refractivity contribution in [3.05, 3.63) is 87.6 Å². The zero-order valence-electron chi connectivity index (χ0n) is 16.4. The van der Waals surface area contributed by atoms with Crippen LogP contribution in [-0.2, 0) is 0 Å². The number of hydrogen-bond acceptors (Lipinski definition) is 4. The van der Waals surface area contributed by atoms with Gasteiger partial charge in [0.15, 0.2) is 0 Å². The van der Waals surface area contributed by atoms with Gasteiger partial charge in [-0.25, -0.2) is 0 Å². The summed E-state index contributed by atoms with van der Waals surface area (Å²) in [6, 6.07) is 17.7. The second-order valence-corrected chi connectivity index (χ2v) is 9.00. The van der Waals surface area contributed by atoms with Crippen LogP contribution in [0.3, 0.4) is 0 Å². The van der Waals surface area contributed by atoms with Crippen molar-refractivity contribution in [2.45, 2.75) is 23.8 Å². The van der Waals surface area contributed by atoms with Crippen LogP contribution in [-0.4, -0.2) is 18.1 Å². The second-order valence-electron chi connectivity index (χ2n) is 7.20. The molecular weight excluding hydrogens is 457 g/mol. The van der Waals surface area contributed by atoms with E-state index in [-0.39, 0.29) is 6.04 Å². The molecule has 1 aromatic heterocycles. The van der Waals surface area contributed by atoms with Crippen LogP contribution < -0.4 is 10.6 Å². The molecule has 0 spiro atoms. The number of nitrogens with two attached hydrogens (primary N) is 1. The molecule has 2 atom stereocenters. The Hall–Kier alpha value is -1.43. The average molecular weight is 481 g/mol. The predicted molar refractivity (Wildman–Crippen MR) is 131 cm³/mol. The summed E-state index contributed by atoms with van der Waals surface area (Å²) in [5, 5.41) is 2.11. The predicted octanol–water partition coefficient (Wildman–Crippen LogP) is 6.93. The van der Waals surface area contributed by atoms with Gasteiger partial charge in [-0.2, -0.15) is 0 Å². The maximum absolute atomic E-state index is 6.45. The van der Waals surface area contributed by atoms with Gasteiger partial charge in [0.1, 0.15) is 0 Å². The first-order chi connectivity index (χ1) is 14.5. The highest BCUT2D eigenvalue weighted by Gasteiger charge is 2.30. The molecule has 3 aromatic rings. The number of aromatic nitrogens is 1. The van der Waals surface area contributed by atoms with Crippen LogP contribution in [0.2, 0.25) is 15.1 Å². The largest absolute Gasteiger partial charge is 0.364 e. The topological polar surface area (TPSA) is 42.1 Å². The third-order valence-corrected chi connectivity index (χ3v) is 6.22. The lowest BCUT2D eigenvalue weighted by Crippen LogP contribution is -2.40. The maximum atomic E-state index is 6.45. The molecule has 0 amide bonds. The number of piperidine rings is 1. The zero-order chi connectivity index (χ0) is 21.5. The number of pyridine rings is 1. The van der Waals surface area contributed by atoms with Crippen LogP contribution in [0.15, 0.2) is 71.9 Å². The normalized spacial score (nSPS) is 18.5. The summed E-state index contributed by atoms with van der Waals surface area (Å²) in [5.41, 5.74) is 8.16. The number of halogens is 3. The first-order valence-electron chi connectivity index (χ1n) is 9.74. The molecule has 3 nitrogen and oxygen atoms in total. The van der Waals surface area contributed by atoms with Gasteiger partial charge in [0.25, 0.3) is 0 Å². The van der Waals surface area contributed by atoms with Gasteiger partial charge in [0, 0.05) is 44.6 Å². The molecule has 1 aliphatic heterocycles. The summed E-state index contributed by atoms with van der Waals surface area (Å²) in [7, 11) is 0. The van der Waals surface area contributed by atoms with Crippen molar-refractivity contribution in [3.63, 3.8) is 0 Å². The third-order valence-electron chi connectivity index (χ3n) is 5.14. The van der Waals surface area contributed by atoms with Crippen molar-refractivity contribution in [1.29, 1.82) is 0 Å². The van der Waals surface area contributed by atoms with Crippen molar-refractivity contribution in [2.24, 2.45) is 11.7 Å². The van der Waals surface area contributed by atoms with Crippen LogP contribution in [0, 0.1) is 5.92 Å². The minimum absolute atomic E-state index is 0.226. The second kappa shape index (κ2) is 11.3. The summed E-state index contributed by atoms with van der Waals surface area (Å²) in [6.45, 7) is 1.62. The number of rotatable bonds is 3. The van der Waals surface area contributed by atoms with E-state index < -0.39 is 0 Å². The van der Waals surface area contributed by atoms with Crippen LogP contribution in [0.1, 0.15) is 24.4 Å². The Labute approximate surface area is 198 Å². The van der Waals surface area contributed by atoms with E-state index in [1.165, 1.54) is 0 Å². The zero-order valence-corrected chi connectivity index (χ0v) is 19.5. The van der Waals surface area contributed by atoms with E-state index in [1.807, 2.05) is 42.5 Å². The van der Waals surface area contributed by atoms with E-state index >= 15 is 0 Å². The van der Waals surface area contributed by atoms with E-state index in [0.717, 1.165) is 40.6 Å². The molecular formula is C23H24Cl3N3S. The van der Waals surface area contributed by atoms with Crippen molar-refractivity contribution >= 4 is 53.1 Å². The van der Waals surface area contributed by atoms with Crippen LogP contribution in [0.25, 0.3) is 0 Å². The van der Waals surface area contributed by atoms with E-state index in [1.54, 1.807) is 12.4 Å². The minimum atomic E-state index is 0.226. The van der Waals surface area contributed by atoms with Crippen molar-refractivity contribution in [3.8, 4) is 0 Å². The Morgan fingerprint density at radius 2 is 1.73 bits per heavy atom. The highest BCUT2D eigenvalue weighted by atomic mass is 35.5. The summed E-state index contributed by atoms with van der Waals surface area (Å²) < 4.78 is 0. The molecule has 30 heavy (non-hydrogen) atoms. The molecule has 158 valence electrons. The highest BCUT2D eigenvalue weighted by Crippen LogP contribution is 2.40. The smallest absolute Gasteiger partial charge is 0.0557 e. The number of benzene rings is 2. The molecule has 0 saturated carbocycles. The Morgan fingerprint density at radius 3 is 2.30 bits per heavy atom. The van der Waals surface area contributed by atoms with Gasteiger partial charge in [-0.15, -0.1) is 12.6 Å². The lowest BCUT2D eigenvalue weighted by atomic mass is 9.88. The Morgan fingerprint density at radius 1 is 1.00 bits per heavy atom. The Balaban J connectivity index is 0.000000310. The standard InChI is InChI=1S/C18H19Cl3N2.C5H5NS/c19-13-2-5-15(6-3-13)23-11-12(10-22)1-8-18(23)16-7-4-14(20)9-17(16)21;7-5-2-1-3-6-4-5/h2-7,9,12,18H,1,8,10-11,22H2;1-4,7H. The Bertz CT molecular complexity index is 938. The molecule has 4 rings (SSSR count). The lowest BCUT2D eigenvalue weighted by molar-refractivity contribution is 0.366. The van der Waals surface area contributed by atoms with Gasteiger partial charge in [-0.3, -0.25) is 4.98 Å². The van der Waals surface area contributed by atoms with E-state index in [0.29, 0.717) is 22.5 Å². The number of nitrogens with zero attached hydrogens (tertiary/aromatic N) is 2. The molecule has 0 radical (unpaired) electrons. The Kier molecular flexibility index (Phi) is 8.72. The van der Waals surface area contributed by atoms with Gasteiger partial charge in [-0.1, -0.05) is 40.9 Å². The van der Waals surface area contributed by atoms with E-state index in [2.05, 4.69) is 34.6 Å². The first kappa shape index (κ1) is 23.2. The molecule has 2 N–H and O–H groups in total. The molecule has 7 heteroatoms. The molecule has 1 fully saturated rings. The molecule has 2 heterocycles. The molecule has 2 aromatic carbocycles. The minimum Gasteiger partial charge on any atom is -0.364 e. The van der Waals surface area contributed by atoms with Crippen LogP contribution in [0.5, 0.6) is 0 Å². The van der Waals surface area contributed by atoms with Gasteiger partial charge < -0.3 is 10.6 Å². The number of anilines is 1. The van der Waals surface area contributed by atoms with Crippen molar-refractivity contribution in [1.82, 2.24) is 4.98 Å². The van der Waals surface area contributed by atoms with Crippen LogP contribution in [0.4, 0.5) is 5.69 Å². The van der Waals surface area contributed by atoms with Gasteiger partial charge in [-0.05, 0) is 79.4 Å². The van der Waals surface area contributed by atoms with Crippen molar-refractivity contribution < 1.29 is 0 Å². The first-order valence-corrected chi connectivity index (χ1v) is 11.3. The molecule has 1 aliphatic rings. The maximum Gasteiger partial charge on any atom is 0.0557 e.